The second kappa shape index (κ2) is 5.44. The molecule has 25 heavy (non-hydrogen) atoms. The van der Waals surface area contributed by atoms with Crippen LogP contribution in [0.15, 0.2) is 47.4 Å². The second-order valence-corrected chi connectivity index (χ2v) is 5.60. The average molecular weight is 344 g/mol. The van der Waals surface area contributed by atoms with Crippen LogP contribution >= 0.6 is 0 Å². The number of pyridine rings is 1. The van der Waals surface area contributed by atoms with Gasteiger partial charge in [-0.05, 0) is 24.3 Å². The Hall–Kier alpha value is -3.16. The van der Waals surface area contributed by atoms with E-state index in [2.05, 4.69) is 10.1 Å². The van der Waals surface area contributed by atoms with Crippen LogP contribution in [0.4, 0.5) is 13.2 Å². The predicted octanol–water partition coefficient (Wildman–Crippen LogP) is 3.32. The van der Waals surface area contributed by atoms with Crippen molar-refractivity contribution < 1.29 is 13.2 Å². The molecule has 4 rings (SSSR count). The second-order valence-electron chi connectivity index (χ2n) is 5.60. The minimum atomic E-state index is -2.70. The Morgan fingerprint density at radius 1 is 1.12 bits per heavy atom. The Morgan fingerprint density at radius 2 is 1.92 bits per heavy atom. The van der Waals surface area contributed by atoms with Crippen LogP contribution in [0.5, 0.6) is 0 Å². The van der Waals surface area contributed by atoms with E-state index in [0.717, 1.165) is 0 Å². The van der Waals surface area contributed by atoms with Gasteiger partial charge in [-0.25, -0.2) is 17.7 Å². The molecule has 5 nitrogen and oxygen atoms in total. The van der Waals surface area contributed by atoms with E-state index in [-0.39, 0.29) is 11.3 Å². The number of halogens is 3. The van der Waals surface area contributed by atoms with Gasteiger partial charge in [0.15, 0.2) is 0 Å². The minimum Gasteiger partial charge on any atom is -0.296 e. The summed E-state index contributed by atoms with van der Waals surface area (Å²) in [5.74, 6) is -0.497. The van der Waals surface area contributed by atoms with Gasteiger partial charge in [-0.15, -0.1) is 0 Å². The minimum absolute atomic E-state index is 0.294. The van der Waals surface area contributed by atoms with Gasteiger partial charge < -0.3 is 0 Å². The van der Waals surface area contributed by atoms with Crippen LogP contribution in [0.1, 0.15) is 12.1 Å². The Balaban J connectivity index is 2.04. The van der Waals surface area contributed by atoms with E-state index in [4.69, 9.17) is 0 Å². The summed E-state index contributed by atoms with van der Waals surface area (Å²) in [6.07, 6.45) is -1.42. The third-order valence-electron chi connectivity index (χ3n) is 4.06. The van der Waals surface area contributed by atoms with Gasteiger partial charge in [-0.1, -0.05) is 0 Å². The van der Waals surface area contributed by atoms with Crippen molar-refractivity contribution in [1.82, 2.24) is 19.2 Å². The van der Waals surface area contributed by atoms with Gasteiger partial charge in [-0.3, -0.25) is 14.3 Å². The van der Waals surface area contributed by atoms with E-state index in [0.29, 0.717) is 27.8 Å². The summed E-state index contributed by atoms with van der Waals surface area (Å²) in [4.78, 5) is 16.1. The van der Waals surface area contributed by atoms with Crippen LogP contribution in [0, 0.1) is 5.82 Å². The van der Waals surface area contributed by atoms with Crippen molar-refractivity contribution in [2.24, 2.45) is 7.05 Å². The fraction of sp³-hybridized carbons (Fsp3) is 0.118. The number of hydrogen-bond donors (Lipinski definition) is 0. The molecule has 0 saturated heterocycles. The first-order valence-electron chi connectivity index (χ1n) is 7.38. The molecule has 0 unspecified atom stereocenters. The van der Waals surface area contributed by atoms with Gasteiger partial charge >= 0.3 is 0 Å². The number of benzene rings is 1. The maximum atomic E-state index is 13.6. The topological polar surface area (TPSA) is 52.2 Å². The average Bonchev–Trinajstić information content (AvgIpc) is 3.05. The van der Waals surface area contributed by atoms with Gasteiger partial charge in [0.25, 0.3) is 12.0 Å². The van der Waals surface area contributed by atoms with Gasteiger partial charge in [-0.2, -0.15) is 5.10 Å². The first-order valence-corrected chi connectivity index (χ1v) is 7.38. The van der Waals surface area contributed by atoms with Crippen molar-refractivity contribution in [2.45, 2.75) is 6.43 Å². The molecule has 0 aliphatic heterocycles. The summed E-state index contributed by atoms with van der Waals surface area (Å²) >= 11 is 0. The molecule has 8 heteroatoms. The summed E-state index contributed by atoms with van der Waals surface area (Å²) in [6.45, 7) is 0. The smallest absolute Gasteiger partial charge is 0.280 e. The maximum absolute atomic E-state index is 13.6. The Kier molecular flexibility index (Phi) is 3.34. The number of rotatable bonds is 2. The standard InChI is InChI=1S/C17H11F3N4O/c1-23-15-8-12(9-4-5-21-13(6-9)16(19)20)22-24(15)14-7-10(18)2-3-11(14)17(23)25/h2-8,16H,1H3. The Morgan fingerprint density at radius 3 is 2.68 bits per heavy atom. The number of fused-ring (bicyclic) bond motifs is 3. The molecule has 4 aromatic rings. The summed E-state index contributed by atoms with van der Waals surface area (Å²) in [5, 5.41) is 4.69. The highest BCUT2D eigenvalue weighted by atomic mass is 19.3. The maximum Gasteiger partial charge on any atom is 0.280 e. The Bertz CT molecular complexity index is 1180. The van der Waals surface area contributed by atoms with E-state index in [9.17, 15) is 18.0 Å². The highest BCUT2D eigenvalue weighted by Gasteiger charge is 2.15. The van der Waals surface area contributed by atoms with Crippen LogP contribution in [0.25, 0.3) is 27.8 Å². The van der Waals surface area contributed by atoms with E-state index in [1.54, 1.807) is 19.2 Å². The molecule has 126 valence electrons. The van der Waals surface area contributed by atoms with E-state index in [1.165, 1.54) is 39.5 Å². The number of alkyl halides is 2. The van der Waals surface area contributed by atoms with E-state index < -0.39 is 12.2 Å². The molecule has 0 amide bonds. The molecular formula is C17H11F3N4O. The summed E-state index contributed by atoms with van der Waals surface area (Å²) in [5.41, 5.74) is 0.902. The van der Waals surface area contributed by atoms with Crippen LogP contribution in [0.2, 0.25) is 0 Å². The summed E-state index contributed by atoms with van der Waals surface area (Å²) in [6, 6.07) is 8.21. The highest BCUT2D eigenvalue weighted by molar-refractivity contribution is 5.81. The van der Waals surface area contributed by atoms with Crippen molar-refractivity contribution >= 4 is 16.6 Å². The van der Waals surface area contributed by atoms with Crippen molar-refractivity contribution in [3.8, 4) is 11.3 Å². The summed E-state index contributed by atoms with van der Waals surface area (Å²) in [7, 11) is 1.57. The SMILES string of the molecule is Cn1c(=O)c2ccc(F)cc2n2nc(-c3ccnc(C(F)F)c3)cc12. The van der Waals surface area contributed by atoms with Crippen molar-refractivity contribution in [3.05, 3.63) is 64.5 Å². The van der Waals surface area contributed by atoms with Gasteiger partial charge in [0.1, 0.15) is 17.2 Å². The van der Waals surface area contributed by atoms with Gasteiger partial charge in [0.2, 0.25) is 0 Å². The van der Waals surface area contributed by atoms with Crippen LogP contribution in [0.3, 0.4) is 0 Å². The van der Waals surface area contributed by atoms with Crippen LogP contribution in [-0.4, -0.2) is 19.2 Å². The first-order chi connectivity index (χ1) is 12.0. The van der Waals surface area contributed by atoms with Crippen LogP contribution < -0.4 is 5.56 Å². The fourth-order valence-electron chi connectivity index (χ4n) is 2.80. The molecule has 0 aliphatic rings. The lowest BCUT2D eigenvalue weighted by atomic mass is 10.1. The zero-order valence-electron chi connectivity index (χ0n) is 12.9. The lowest BCUT2D eigenvalue weighted by Gasteiger charge is -2.05. The highest BCUT2D eigenvalue weighted by Crippen LogP contribution is 2.25. The molecule has 0 saturated carbocycles. The zero-order valence-corrected chi connectivity index (χ0v) is 12.9. The zero-order chi connectivity index (χ0) is 17.7. The number of hydrogen-bond acceptors (Lipinski definition) is 3. The van der Waals surface area contributed by atoms with Gasteiger partial charge in [0.05, 0.1) is 16.6 Å². The fourth-order valence-corrected chi connectivity index (χ4v) is 2.80. The third kappa shape index (κ3) is 2.37. The van der Waals surface area contributed by atoms with Gasteiger partial charge in [0, 0.05) is 30.9 Å². The molecule has 0 spiro atoms. The molecule has 0 atom stereocenters. The normalized spacial score (nSPS) is 11.7. The molecule has 1 aromatic carbocycles. The summed E-state index contributed by atoms with van der Waals surface area (Å²) < 4.78 is 42.2. The number of aromatic nitrogens is 4. The molecule has 3 aromatic heterocycles. The lowest BCUT2D eigenvalue weighted by molar-refractivity contribution is 0.146. The molecule has 0 aliphatic carbocycles. The van der Waals surface area contributed by atoms with Crippen molar-refractivity contribution in [1.29, 1.82) is 0 Å². The first kappa shape index (κ1) is 15.4. The largest absolute Gasteiger partial charge is 0.296 e. The lowest BCUT2D eigenvalue weighted by Crippen LogP contribution is -2.19. The van der Waals surface area contributed by atoms with E-state index >= 15 is 0 Å². The molecule has 0 N–H and O–H groups in total. The molecule has 0 fully saturated rings. The number of nitrogens with zero attached hydrogens (tertiary/aromatic N) is 4. The predicted molar refractivity (Wildman–Crippen MR) is 86.1 cm³/mol. The quantitative estimate of drug-likeness (QED) is 0.560. The molecule has 3 heterocycles. The Labute approximate surface area is 139 Å². The monoisotopic (exact) mass is 344 g/mol. The molecule has 0 bridgehead atoms. The third-order valence-corrected chi connectivity index (χ3v) is 4.06. The van der Waals surface area contributed by atoms with Crippen molar-refractivity contribution in [3.63, 3.8) is 0 Å². The molecular weight excluding hydrogens is 333 g/mol. The molecule has 0 radical (unpaired) electrons. The van der Waals surface area contributed by atoms with Crippen LogP contribution in [-0.2, 0) is 7.05 Å². The number of aryl methyl sites for hydroxylation is 1. The van der Waals surface area contributed by atoms with Crippen molar-refractivity contribution in [2.75, 3.05) is 0 Å². The van der Waals surface area contributed by atoms with E-state index in [1.807, 2.05) is 0 Å².